The van der Waals surface area contributed by atoms with E-state index in [-0.39, 0.29) is 18.5 Å². The number of fused-ring (bicyclic) bond motifs is 1. The first-order chi connectivity index (χ1) is 13.3. The summed E-state index contributed by atoms with van der Waals surface area (Å²) in [5.74, 6) is -0.0588. The summed E-state index contributed by atoms with van der Waals surface area (Å²) in [6, 6.07) is 7.44. The molecule has 1 aliphatic carbocycles. The van der Waals surface area contributed by atoms with Crippen molar-refractivity contribution in [3.05, 3.63) is 65.0 Å². The van der Waals surface area contributed by atoms with Crippen LogP contribution in [0.4, 0.5) is 13.2 Å². The molecule has 1 aliphatic heterocycles. The zero-order valence-corrected chi connectivity index (χ0v) is 15.4. The van der Waals surface area contributed by atoms with Crippen LogP contribution < -0.4 is 5.73 Å². The highest BCUT2D eigenvalue weighted by Crippen LogP contribution is 2.43. The van der Waals surface area contributed by atoms with E-state index in [1.54, 1.807) is 23.4 Å². The Morgan fingerprint density at radius 2 is 2.07 bits per heavy atom. The molecule has 2 aromatic rings. The van der Waals surface area contributed by atoms with Gasteiger partial charge in [-0.2, -0.15) is 13.2 Å². The Morgan fingerprint density at radius 1 is 1.25 bits per heavy atom. The molecule has 0 saturated heterocycles. The second-order valence-electron chi connectivity index (χ2n) is 7.78. The number of benzene rings is 1. The molecule has 148 valence electrons. The van der Waals surface area contributed by atoms with E-state index in [0.717, 1.165) is 23.6 Å². The second kappa shape index (κ2) is 6.88. The lowest BCUT2D eigenvalue weighted by Gasteiger charge is -2.37. The van der Waals surface area contributed by atoms with Gasteiger partial charge in [0, 0.05) is 31.5 Å². The summed E-state index contributed by atoms with van der Waals surface area (Å²) in [6.07, 6.45) is 1.42. The lowest BCUT2D eigenvalue weighted by molar-refractivity contribution is -0.138. The van der Waals surface area contributed by atoms with Gasteiger partial charge in [0.25, 0.3) is 0 Å². The monoisotopic (exact) mass is 389 g/mol. The maximum absolute atomic E-state index is 13.6. The van der Waals surface area contributed by atoms with Crippen LogP contribution >= 0.6 is 0 Å². The van der Waals surface area contributed by atoms with Crippen molar-refractivity contribution in [3.8, 4) is 0 Å². The van der Waals surface area contributed by atoms with E-state index in [1.165, 1.54) is 12.1 Å². The fraction of sp³-hybridized carbons (Fsp3) is 0.429. The fourth-order valence-corrected chi connectivity index (χ4v) is 4.52. The van der Waals surface area contributed by atoms with Crippen LogP contribution in [0.25, 0.3) is 0 Å². The van der Waals surface area contributed by atoms with Crippen LogP contribution in [0.1, 0.15) is 41.5 Å². The molecule has 1 saturated carbocycles. The molecule has 7 heteroatoms. The van der Waals surface area contributed by atoms with Gasteiger partial charge >= 0.3 is 6.18 Å². The van der Waals surface area contributed by atoms with Gasteiger partial charge in [0.1, 0.15) is 0 Å². The first kappa shape index (κ1) is 18.9. The summed E-state index contributed by atoms with van der Waals surface area (Å²) in [4.78, 5) is 19.4. The quantitative estimate of drug-likeness (QED) is 0.856. The Morgan fingerprint density at radius 3 is 2.71 bits per heavy atom. The normalized spacial score (nSPS) is 24.9. The maximum Gasteiger partial charge on any atom is 0.416 e. The van der Waals surface area contributed by atoms with E-state index in [4.69, 9.17) is 5.73 Å². The van der Waals surface area contributed by atoms with Crippen LogP contribution in [0.5, 0.6) is 0 Å². The predicted octanol–water partition coefficient (Wildman–Crippen LogP) is 3.43. The smallest absolute Gasteiger partial charge is 0.337 e. The number of amides is 1. The van der Waals surface area contributed by atoms with Crippen LogP contribution in [-0.4, -0.2) is 28.4 Å². The molecule has 1 aromatic heterocycles. The number of hydrogen-bond acceptors (Lipinski definition) is 3. The highest BCUT2D eigenvalue weighted by atomic mass is 19.4. The Labute approximate surface area is 161 Å². The molecule has 28 heavy (non-hydrogen) atoms. The Kier molecular flexibility index (Phi) is 4.65. The number of rotatable bonds is 2. The minimum absolute atomic E-state index is 0.0588. The summed E-state index contributed by atoms with van der Waals surface area (Å²) in [6.45, 7) is 0.684. The second-order valence-corrected chi connectivity index (χ2v) is 7.78. The predicted molar refractivity (Wildman–Crippen MR) is 98.3 cm³/mol. The van der Waals surface area contributed by atoms with Gasteiger partial charge in [0.05, 0.1) is 11.0 Å². The van der Waals surface area contributed by atoms with Crippen molar-refractivity contribution in [2.75, 3.05) is 6.54 Å². The first-order valence-electron chi connectivity index (χ1n) is 9.44. The number of alkyl halides is 3. The van der Waals surface area contributed by atoms with Crippen LogP contribution in [0, 0.1) is 0 Å². The number of nitrogens with two attached hydrogens (primary N) is 1. The Bertz CT molecular complexity index is 884. The summed E-state index contributed by atoms with van der Waals surface area (Å²) < 4.78 is 39.2. The topological polar surface area (TPSA) is 59.2 Å². The molecule has 1 fully saturated rings. The lowest BCUT2D eigenvalue weighted by Crippen LogP contribution is -2.48. The van der Waals surface area contributed by atoms with Crippen molar-refractivity contribution >= 4 is 5.91 Å². The number of hydrogen-bond donors (Lipinski definition) is 1. The number of halogens is 3. The molecule has 0 bridgehead atoms. The van der Waals surface area contributed by atoms with E-state index in [1.807, 2.05) is 6.07 Å². The Balaban J connectivity index is 1.65. The average Bonchev–Trinajstić information content (AvgIpc) is 3.09. The molecule has 1 amide bonds. The van der Waals surface area contributed by atoms with Gasteiger partial charge in [-0.3, -0.25) is 9.78 Å². The van der Waals surface area contributed by atoms with Crippen molar-refractivity contribution in [1.82, 2.24) is 9.88 Å². The fourth-order valence-electron chi connectivity index (χ4n) is 4.52. The van der Waals surface area contributed by atoms with Gasteiger partial charge < -0.3 is 10.6 Å². The van der Waals surface area contributed by atoms with Gasteiger partial charge in [0.2, 0.25) is 5.91 Å². The van der Waals surface area contributed by atoms with Gasteiger partial charge in [-0.05, 0) is 60.6 Å². The molecule has 1 aromatic carbocycles. The molecular weight excluding hydrogens is 367 g/mol. The first-order valence-corrected chi connectivity index (χ1v) is 9.44. The summed E-state index contributed by atoms with van der Waals surface area (Å²) in [7, 11) is 0. The van der Waals surface area contributed by atoms with Crippen molar-refractivity contribution < 1.29 is 18.0 Å². The summed E-state index contributed by atoms with van der Waals surface area (Å²) in [5, 5.41) is 0. The number of carbonyl (C=O) groups excluding carboxylic acids is 1. The minimum atomic E-state index is -4.39. The van der Waals surface area contributed by atoms with Crippen molar-refractivity contribution in [3.63, 3.8) is 0 Å². The molecule has 4 rings (SSSR count). The number of aromatic nitrogens is 1. The van der Waals surface area contributed by atoms with Crippen molar-refractivity contribution in [1.29, 1.82) is 0 Å². The molecule has 0 radical (unpaired) electrons. The van der Waals surface area contributed by atoms with Crippen LogP contribution in [0.15, 0.2) is 42.7 Å². The number of nitrogens with zero attached hydrogens (tertiary/aromatic N) is 2. The number of carbonyl (C=O) groups is 1. The largest absolute Gasteiger partial charge is 0.416 e. The summed E-state index contributed by atoms with van der Waals surface area (Å²) >= 11 is 0. The van der Waals surface area contributed by atoms with Gasteiger partial charge in [-0.1, -0.05) is 12.1 Å². The molecule has 2 aliphatic rings. The van der Waals surface area contributed by atoms with Crippen molar-refractivity contribution in [2.45, 2.75) is 49.9 Å². The van der Waals surface area contributed by atoms with Gasteiger partial charge in [0.15, 0.2) is 0 Å². The van der Waals surface area contributed by atoms with Crippen LogP contribution in [0.3, 0.4) is 0 Å². The van der Waals surface area contributed by atoms with Crippen LogP contribution in [-0.2, 0) is 29.4 Å². The minimum Gasteiger partial charge on any atom is -0.337 e. The Hall–Kier alpha value is -2.41. The van der Waals surface area contributed by atoms with Gasteiger partial charge in [-0.15, -0.1) is 0 Å². The van der Waals surface area contributed by atoms with Crippen LogP contribution in [0.2, 0.25) is 0 Å². The SMILES string of the molecule is NC1CCC(C(=O)N2CCc3ccc(C(F)(F)F)cc3C2)(c2cccnc2)C1. The molecule has 2 heterocycles. The summed E-state index contributed by atoms with van der Waals surface area (Å²) in [5.41, 5.74) is 7.00. The van der Waals surface area contributed by atoms with E-state index >= 15 is 0 Å². The molecule has 4 nitrogen and oxygen atoms in total. The zero-order valence-electron chi connectivity index (χ0n) is 15.4. The third kappa shape index (κ3) is 3.28. The molecular formula is C21H22F3N3O. The molecule has 2 unspecified atom stereocenters. The molecule has 0 spiro atoms. The van der Waals surface area contributed by atoms with E-state index < -0.39 is 17.2 Å². The number of pyridine rings is 1. The average molecular weight is 389 g/mol. The molecule has 2 atom stereocenters. The highest BCUT2D eigenvalue weighted by molar-refractivity contribution is 5.89. The van der Waals surface area contributed by atoms with Gasteiger partial charge in [-0.25, -0.2) is 0 Å². The van der Waals surface area contributed by atoms with E-state index in [2.05, 4.69) is 4.98 Å². The highest BCUT2D eigenvalue weighted by Gasteiger charge is 2.48. The lowest BCUT2D eigenvalue weighted by atomic mass is 9.77. The molecule has 2 N–H and O–H groups in total. The van der Waals surface area contributed by atoms with E-state index in [9.17, 15) is 18.0 Å². The zero-order chi connectivity index (χ0) is 19.9. The van der Waals surface area contributed by atoms with E-state index in [0.29, 0.717) is 31.4 Å². The standard InChI is InChI=1S/C21H22F3N3O/c22-21(23,24)16-4-3-14-6-9-27(13-15(14)10-16)19(28)20(7-5-18(25)11-20)17-2-1-8-26-12-17/h1-4,8,10,12,18H,5-7,9,11,13,25H2. The maximum atomic E-state index is 13.6. The van der Waals surface area contributed by atoms with Crippen molar-refractivity contribution in [2.24, 2.45) is 5.73 Å². The third-order valence-electron chi connectivity index (χ3n) is 6.01. The third-order valence-corrected chi connectivity index (χ3v) is 6.01.